The van der Waals surface area contributed by atoms with Gasteiger partial charge in [-0.1, -0.05) is 12.1 Å². The highest BCUT2D eigenvalue weighted by molar-refractivity contribution is 5.49. The van der Waals surface area contributed by atoms with Crippen LogP contribution < -0.4 is 5.32 Å². The number of anilines is 1. The van der Waals surface area contributed by atoms with Gasteiger partial charge in [0.05, 0.1) is 11.8 Å². The van der Waals surface area contributed by atoms with Crippen LogP contribution in [0.15, 0.2) is 24.3 Å². The van der Waals surface area contributed by atoms with Crippen LogP contribution in [0.5, 0.6) is 0 Å². The second kappa shape index (κ2) is 4.50. The predicted octanol–water partition coefficient (Wildman–Crippen LogP) is 2.76. The zero-order valence-electron chi connectivity index (χ0n) is 11.1. The van der Waals surface area contributed by atoms with Crippen LogP contribution >= 0.6 is 0 Å². The fourth-order valence-corrected chi connectivity index (χ4v) is 3.51. The third-order valence-electron chi connectivity index (χ3n) is 4.62. The van der Waals surface area contributed by atoms with E-state index in [1.807, 2.05) is 0 Å². The number of fused-ring (bicyclic) bond motifs is 2. The van der Waals surface area contributed by atoms with Gasteiger partial charge in [-0.25, -0.2) is 4.39 Å². The van der Waals surface area contributed by atoms with Gasteiger partial charge < -0.3 is 10.2 Å². The molecular weight excluding hydrogens is 241 g/mol. The predicted molar refractivity (Wildman–Crippen MR) is 72.2 cm³/mol. The van der Waals surface area contributed by atoms with Gasteiger partial charge in [-0.3, -0.25) is 0 Å². The molecule has 3 nitrogen and oxygen atoms in total. The monoisotopic (exact) mass is 259 g/mol. The molecule has 3 rings (SSSR count). The third kappa shape index (κ3) is 2.08. The van der Waals surface area contributed by atoms with Crippen molar-refractivity contribution in [3.63, 3.8) is 0 Å². The van der Waals surface area contributed by atoms with Crippen molar-refractivity contribution in [3.8, 4) is 6.07 Å². The number of hydrogen-bond donors (Lipinski definition) is 1. The Morgan fingerprint density at radius 3 is 2.53 bits per heavy atom. The first-order valence-corrected chi connectivity index (χ1v) is 6.79. The normalized spacial score (nSPS) is 33.9. The van der Waals surface area contributed by atoms with Crippen LogP contribution in [0.4, 0.5) is 10.1 Å². The number of nitrogens with zero attached hydrogens (tertiary/aromatic N) is 2. The van der Waals surface area contributed by atoms with Gasteiger partial charge in [-0.05, 0) is 44.9 Å². The summed E-state index contributed by atoms with van der Waals surface area (Å²) in [5, 5.41) is 12.8. The highest BCUT2D eigenvalue weighted by Crippen LogP contribution is 2.41. The number of para-hydroxylation sites is 1. The Morgan fingerprint density at radius 1 is 1.32 bits per heavy atom. The molecule has 2 fully saturated rings. The minimum Gasteiger partial charge on any atom is -0.365 e. The first-order chi connectivity index (χ1) is 9.13. The van der Waals surface area contributed by atoms with Crippen molar-refractivity contribution in [1.82, 2.24) is 4.90 Å². The maximum Gasteiger partial charge on any atom is 0.146 e. The molecular formula is C15H18FN3. The summed E-state index contributed by atoms with van der Waals surface area (Å²) < 4.78 is 13.8. The van der Waals surface area contributed by atoms with Gasteiger partial charge in [0.1, 0.15) is 11.4 Å². The lowest BCUT2D eigenvalue weighted by Gasteiger charge is -2.42. The molecule has 4 heteroatoms. The van der Waals surface area contributed by atoms with Crippen LogP contribution in [0.2, 0.25) is 0 Å². The van der Waals surface area contributed by atoms with E-state index in [0.717, 1.165) is 25.7 Å². The van der Waals surface area contributed by atoms with Gasteiger partial charge >= 0.3 is 0 Å². The first kappa shape index (κ1) is 12.4. The number of nitrogens with one attached hydrogen (secondary N) is 1. The minimum absolute atomic E-state index is 0.289. The molecule has 19 heavy (non-hydrogen) atoms. The molecule has 0 radical (unpaired) electrons. The molecule has 2 aliphatic rings. The Balaban J connectivity index is 1.86. The quantitative estimate of drug-likeness (QED) is 0.887. The Morgan fingerprint density at radius 2 is 1.95 bits per heavy atom. The molecule has 1 aromatic carbocycles. The number of hydrogen-bond acceptors (Lipinski definition) is 3. The molecule has 2 saturated heterocycles. The summed E-state index contributed by atoms with van der Waals surface area (Å²) in [7, 11) is 2.13. The SMILES string of the molecule is CN1C2CCC1CC(C#N)(Nc1ccccc1F)C2. The van der Waals surface area contributed by atoms with Gasteiger partial charge in [0, 0.05) is 12.1 Å². The summed E-state index contributed by atoms with van der Waals surface area (Å²) in [5.74, 6) is -0.289. The maximum atomic E-state index is 13.8. The van der Waals surface area contributed by atoms with E-state index in [2.05, 4.69) is 23.3 Å². The van der Waals surface area contributed by atoms with Crippen LogP contribution in [0.25, 0.3) is 0 Å². The van der Waals surface area contributed by atoms with Crippen molar-refractivity contribution in [2.24, 2.45) is 0 Å². The van der Waals surface area contributed by atoms with Crippen LogP contribution in [0.1, 0.15) is 25.7 Å². The summed E-state index contributed by atoms with van der Waals surface area (Å²) in [4.78, 5) is 2.37. The molecule has 2 aliphatic heterocycles. The lowest BCUT2D eigenvalue weighted by Crippen LogP contribution is -2.52. The molecule has 0 spiro atoms. The number of piperidine rings is 1. The van der Waals surface area contributed by atoms with E-state index in [-0.39, 0.29) is 5.82 Å². The minimum atomic E-state index is -0.624. The van der Waals surface area contributed by atoms with E-state index in [1.165, 1.54) is 6.07 Å². The Hall–Kier alpha value is -1.60. The average Bonchev–Trinajstić information content (AvgIpc) is 2.65. The number of nitriles is 1. The molecule has 0 aromatic heterocycles. The molecule has 2 bridgehead atoms. The number of halogens is 1. The number of rotatable bonds is 2. The van der Waals surface area contributed by atoms with Crippen molar-refractivity contribution >= 4 is 5.69 Å². The highest BCUT2D eigenvalue weighted by atomic mass is 19.1. The molecule has 2 unspecified atom stereocenters. The summed E-state index contributed by atoms with van der Waals surface area (Å²) in [5.41, 5.74) is -0.187. The van der Waals surface area contributed by atoms with Gasteiger partial charge in [0.25, 0.3) is 0 Å². The molecule has 0 aliphatic carbocycles. The zero-order valence-corrected chi connectivity index (χ0v) is 11.1. The standard InChI is InChI=1S/C15H18FN3/c1-19-11-6-7-12(19)9-15(8-11,10-17)18-14-5-3-2-4-13(14)16/h2-5,11-12,18H,6-9H2,1H3. The van der Waals surface area contributed by atoms with Gasteiger partial charge in [0.2, 0.25) is 0 Å². The molecule has 2 heterocycles. The lowest BCUT2D eigenvalue weighted by molar-refractivity contribution is 0.146. The molecule has 0 saturated carbocycles. The fraction of sp³-hybridized carbons (Fsp3) is 0.533. The summed E-state index contributed by atoms with van der Waals surface area (Å²) in [6.45, 7) is 0. The van der Waals surface area contributed by atoms with E-state index in [4.69, 9.17) is 0 Å². The van der Waals surface area contributed by atoms with Crippen LogP contribution in [0.3, 0.4) is 0 Å². The fourth-order valence-electron chi connectivity index (χ4n) is 3.51. The van der Waals surface area contributed by atoms with Crippen molar-refractivity contribution in [2.75, 3.05) is 12.4 Å². The van der Waals surface area contributed by atoms with E-state index in [1.54, 1.807) is 18.2 Å². The van der Waals surface area contributed by atoms with E-state index >= 15 is 0 Å². The zero-order chi connectivity index (χ0) is 13.5. The van der Waals surface area contributed by atoms with Gasteiger partial charge in [0.15, 0.2) is 0 Å². The maximum absolute atomic E-state index is 13.8. The second-order valence-corrected chi connectivity index (χ2v) is 5.76. The highest BCUT2D eigenvalue weighted by Gasteiger charge is 2.47. The van der Waals surface area contributed by atoms with Gasteiger partial charge in [-0.15, -0.1) is 0 Å². The summed E-state index contributed by atoms with van der Waals surface area (Å²) in [6.07, 6.45) is 3.82. The lowest BCUT2D eigenvalue weighted by atomic mass is 9.84. The van der Waals surface area contributed by atoms with Crippen molar-refractivity contribution in [2.45, 2.75) is 43.3 Å². The number of benzene rings is 1. The smallest absolute Gasteiger partial charge is 0.146 e. The second-order valence-electron chi connectivity index (χ2n) is 5.76. The van der Waals surface area contributed by atoms with Crippen LogP contribution in [-0.2, 0) is 0 Å². The average molecular weight is 259 g/mol. The summed E-state index contributed by atoms with van der Waals surface area (Å²) >= 11 is 0. The van der Waals surface area contributed by atoms with Crippen molar-refractivity contribution < 1.29 is 4.39 Å². The Bertz CT molecular complexity index is 508. The molecule has 100 valence electrons. The van der Waals surface area contributed by atoms with E-state index in [0.29, 0.717) is 17.8 Å². The first-order valence-electron chi connectivity index (χ1n) is 6.79. The summed E-state index contributed by atoms with van der Waals surface area (Å²) in [6, 6.07) is 9.88. The topological polar surface area (TPSA) is 39.1 Å². The Labute approximate surface area is 113 Å². The van der Waals surface area contributed by atoms with E-state index < -0.39 is 5.54 Å². The van der Waals surface area contributed by atoms with Gasteiger partial charge in [-0.2, -0.15) is 5.26 Å². The third-order valence-corrected chi connectivity index (χ3v) is 4.62. The molecule has 0 amide bonds. The van der Waals surface area contributed by atoms with E-state index in [9.17, 15) is 9.65 Å². The molecule has 1 aromatic rings. The van der Waals surface area contributed by atoms with Crippen LogP contribution in [0, 0.1) is 17.1 Å². The van der Waals surface area contributed by atoms with Crippen molar-refractivity contribution in [1.29, 1.82) is 5.26 Å². The Kier molecular flexibility index (Phi) is 2.94. The molecule has 1 N–H and O–H groups in total. The van der Waals surface area contributed by atoms with Crippen molar-refractivity contribution in [3.05, 3.63) is 30.1 Å². The van der Waals surface area contributed by atoms with Crippen LogP contribution in [-0.4, -0.2) is 29.6 Å². The largest absolute Gasteiger partial charge is 0.365 e. The molecule has 2 atom stereocenters.